The van der Waals surface area contributed by atoms with Crippen LogP contribution < -0.4 is 5.32 Å². The summed E-state index contributed by atoms with van der Waals surface area (Å²) in [4.78, 5) is 19.0. The molecule has 1 aromatic carbocycles. The Bertz CT molecular complexity index is 847. The molecule has 2 aromatic heterocycles. The number of hydrogen-bond donors (Lipinski definition) is 2. The van der Waals surface area contributed by atoms with E-state index in [1.807, 2.05) is 53.4 Å². The highest BCUT2D eigenvalue weighted by Crippen LogP contribution is 2.24. The number of rotatable bonds is 3. The Morgan fingerprint density at radius 1 is 1.12 bits per heavy atom. The smallest absolute Gasteiger partial charge is 0.272 e. The van der Waals surface area contributed by atoms with Crippen LogP contribution in [0.4, 0.5) is 0 Å². The van der Waals surface area contributed by atoms with Crippen molar-refractivity contribution in [2.45, 2.75) is 6.04 Å². The van der Waals surface area contributed by atoms with Gasteiger partial charge in [-0.05, 0) is 23.8 Å². The van der Waals surface area contributed by atoms with Gasteiger partial charge in [0.05, 0.1) is 11.7 Å². The zero-order valence-electron chi connectivity index (χ0n) is 13.7. The predicted octanol–water partition coefficient (Wildman–Crippen LogP) is 2.26. The molecular weight excluding hydrogens is 314 g/mol. The van der Waals surface area contributed by atoms with E-state index < -0.39 is 0 Å². The van der Waals surface area contributed by atoms with Crippen LogP contribution in [0.25, 0.3) is 11.3 Å². The summed E-state index contributed by atoms with van der Waals surface area (Å²) >= 11 is 0. The lowest BCUT2D eigenvalue weighted by molar-refractivity contribution is 0.0628. The van der Waals surface area contributed by atoms with Gasteiger partial charge in [0.15, 0.2) is 0 Å². The average molecular weight is 333 g/mol. The van der Waals surface area contributed by atoms with Gasteiger partial charge in [0.25, 0.3) is 5.91 Å². The SMILES string of the molecule is O=C(c1cc(-c2ccccc2)n[nH]1)N1CCNCC1c1ccncc1. The zero-order chi connectivity index (χ0) is 17.1. The third kappa shape index (κ3) is 3.16. The number of H-pyrrole nitrogens is 1. The Labute approximate surface area is 145 Å². The van der Waals surface area contributed by atoms with Gasteiger partial charge in [0.2, 0.25) is 0 Å². The van der Waals surface area contributed by atoms with Crippen LogP contribution in [0.5, 0.6) is 0 Å². The maximum atomic E-state index is 13.0. The first kappa shape index (κ1) is 15.5. The minimum absolute atomic E-state index is 0.00674. The van der Waals surface area contributed by atoms with E-state index >= 15 is 0 Å². The second kappa shape index (κ2) is 6.86. The molecule has 1 saturated heterocycles. The molecular formula is C19H19N5O. The number of amides is 1. The molecule has 0 aliphatic carbocycles. The van der Waals surface area contributed by atoms with Gasteiger partial charge >= 0.3 is 0 Å². The molecule has 1 fully saturated rings. The molecule has 1 amide bonds. The molecule has 4 rings (SSSR count). The molecule has 3 heterocycles. The molecule has 126 valence electrons. The molecule has 0 bridgehead atoms. The van der Waals surface area contributed by atoms with Crippen LogP contribution in [0.15, 0.2) is 60.9 Å². The van der Waals surface area contributed by atoms with E-state index in [1.54, 1.807) is 12.4 Å². The number of nitrogens with one attached hydrogen (secondary N) is 2. The van der Waals surface area contributed by atoms with Crippen molar-refractivity contribution < 1.29 is 4.79 Å². The van der Waals surface area contributed by atoms with Gasteiger partial charge in [0, 0.05) is 37.6 Å². The van der Waals surface area contributed by atoms with Gasteiger partial charge in [0.1, 0.15) is 5.69 Å². The van der Waals surface area contributed by atoms with Crippen molar-refractivity contribution in [3.05, 3.63) is 72.2 Å². The van der Waals surface area contributed by atoms with Crippen molar-refractivity contribution in [3.8, 4) is 11.3 Å². The number of benzene rings is 1. The van der Waals surface area contributed by atoms with Crippen LogP contribution in [0, 0.1) is 0 Å². The fourth-order valence-electron chi connectivity index (χ4n) is 3.17. The first-order chi connectivity index (χ1) is 12.3. The Hall–Kier alpha value is -2.99. The first-order valence-electron chi connectivity index (χ1n) is 8.35. The molecule has 1 aliphatic rings. The number of piperazine rings is 1. The second-order valence-corrected chi connectivity index (χ2v) is 6.03. The minimum Gasteiger partial charge on any atom is -0.328 e. The van der Waals surface area contributed by atoms with Gasteiger partial charge in [-0.1, -0.05) is 30.3 Å². The normalized spacial score (nSPS) is 17.4. The maximum absolute atomic E-state index is 13.0. The van der Waals surface area contributed by atoms with Crippen molar-refractivity contribution in [2.24, 2.45) is 0 Å². The van der Waals surface area contributed by atoms with E-state index in [9.17, 15) is 4.79 Å². The van der Waals surface area contributed by atoms with Gasteiger partial charge in [-0.25, -0.2) is 0 Å². The van der Waals surface area contributed by atoms with Crippen LogP contribution in [-0.2, 0) is 0 Å². The molecule has 1 aliphatic heterocycles. The fraction of sp³-hybridized carbons (Fsp3) is 0.211. The van der Waals surface area contributed by atoms with E-state index in [2.05, 4.69) is 20.5 Å². The molecule has 6 nitrogen and oxygen atoms in total. The fourth-order valence-corrected chi connectivity index (χ4v) is 3.17. The minimum atomic E-state index is -0.0296. The highest BCUT2D eigenvalue weighted by atomic mass is 16.2. The standard InChI is InChI=1S/C19H19N5O/c25-19(17-12-16(22-23-17)14-4-2-1-3-5-14)24-11-10-21-13-18(24)15-6-8-20-9-7-15/h1-9,12,18,21H,10-11,13H2,(H,22,23). The summed E-state index contributed by atoms with van der Waals surface area (Å²) < 4.78 is 0. The van der Waals surface area contributed by atoms with Crippen molar-refractivity contribution >= 4 is 5.91 Å². The average Bonchev–Trinajstić information content (AvgIpc) is 3.19. The van der Waals surface area contributed by atoms with Crippen LogP contribution in [0.3, 0.4) is 0 Å². The van der Waals surface area contributed by atoms with Gasteiger partial charge in [-0.3, -0.25) is 14.9 Å². The van der Waals surface area contributed by atoms with E-state index in [-0.39, 0.29) is 11.9 Å². The van der Waals surface area contributed by atoms with Gasteiger partial charge in [-0.2, -0.15) is 5.10 Å². The summed E-state index contributed by atoms with van der Waals surface area (Å²) in [5, 5.41) is 10.6. The lowest BCUT2D eigenvalue weighted by Gasteiger charge is -2.36. The maximum Gasteiger partial charge on any atom is 0.272 e. The molecule has 2 N–H and O–H groups in total. The molecule has 0 radical (unpaired) electrons. The molecule has 0 saturated carbocycles. The summed E-state index contributed by atoms with van der Waals surface area (Å²) in [6.45, 7) is 2.17. The Kier molecular flexibility index (Phi) is 4.26. The Morgan fingerprint density at radius 2 is 1.92 bits per heavy atom. The summed E-state index contributed by atoms with van der Waals surface area (Å²) in [5.74, 6) is -0.0296. The van der Waals surface area contributed by atoms with E-state index in [0.29, 0.717) is 12.2 Å². The molecule has 6 heteroatoms. The Morgan fingerprint density at radius 3 is 2.72 bits per heavy atom. The Balaban J connectivity index is 1.60. The van der Waals surface area contributed by atoms with Crippen LogP contribution >= 0.6 is 0 Å². The largest absolute Gasteiger partial charge is 0.328 e. The van der Waals surface area contributed by atoms with Crippen molar-refractivity contribution in [1.29, 1.82) is 0 Å². The van der Waals surface area contributed by atoms with Crippen LogP contribution in [0.1, 0.15) is 22.1 Å². The van der Waals surface area contributed by atoms with Gasteiger partial charge < -0.3 is 10.2 Å². The number of aromatic nitrogens is 3. The number of nitrogens with zero attached hydrogens (tertiary/aromatic N) is 3. The first-order valence-corrected chi connectivity index (χ1v) is 8.35. The lowest BCUT2D eigenvalue weighted by atomic mass is 10.0. The third-order valence-electron chi connectivity index (χ3n) is 4.47. The van der Waals surface area contributed by atoms with Crippen LogP contribution in [-0.4, -0.2) is 45.6 Å². The van der Waals surface area contributed by atoms with E-state index in [1.165, 1.54) is 0 Å². The topological polar surface area (TPSA) is 73.9 Å². The second-order valence-electron chi connectivity index (χ2n) is 6.03. The third-order valence-corrected chi connectivity index (χ3v) is 4.47. The number of aromatic amines is 1. The molecule has 1 atom stereocenters. The van der Waals surface area contributed by atoms with E-state index in [0.717, 1.165) is 29.9 Å². The highest BCUT2D eigenvalue weighted by molar-refractivity contribution is 5.93. The summed E-state index contributed by atoms with van der Waals surface area (Å²) in [6.07, 6.45) is 3.52. The quantitative estimate of drug-likeness (QED) is 0.771. The number of carbonyl (C=O) groups excluding carboxylic acids is 1. The number of carbonyl (C=O) groups is 1. The molecule has 1 unspecified atom stereocenters. The highest BCUT2D eigenvalue weighted by Gasteiger charge is 2.29. The predicted molar refractivity (Wildman–Crippen MR) is 94.9 cm³/mol. The van der Waals surface area contributed by atoms with E-state index in [4.69, 9.17) is 0 Å². The molecule has 25 heavy (non-hydrogen) atoms. The van der Waals surface area contributed by atoms with Gasteiger partial charge in [-0.15, -0.1) is 0 Å². The molecule has 0 spiro atoms. The van der Waals surface area contributed by atoms with Crippen LogP contribution in [0.2, 0.25) is 0 Å². The molecule has 3 aromatic rings. The summed E-state index contributed by atoms with van der Waals surface area (Å²) in [7, 11) is 0. The van der Waals surface area contributed by atoms with Crippen molar-refractivity contribution in [2.75, 3.05) is 19.6 Å². The lowest BCUT2D eigenvalue weighted by Crippen LogP contribution is -2.48. The number of hydrogen-bond acceptors (Lipinski definition) is 4. The summed E-state index contributed by atoms with van der Waals surface area (Å²) in [5.41, 5.74) is 3.36. The van der Waals surface area contributed by atoms with Crippen molar-refractivity contribution in [1.82, 2.24) is 25.4 Å². The summed E-state index contributed by atoms with van der Waals surface area (Å²) in [6, 6.07) is 15.6. The number of pyridine rings is 1. The zero-order valence-corrected chi connectivity index (χ0v) is 13.7. The van der Waals surface area contributed by atoms with Crippen molar-refractivity contribution in [3.63, 3.8) is 0 Å². The monoisotopic (exact) mass is 333 g/mol.